The van der Waals surface area contributed by atoms with Crippen LogP contribution in [0.3, 0.4) is 0 Å². The summed E-state index contributed by atoms with van der Waals surface area (Å²) in [6.45, 7) is 2.25. The molecular formula is C26H28FN7O5S. The Bertz CT molecular complexity index is 1690. The summed E-state index contributed by atoms with van der Waals surface area (Å²) < 4.78 is 28.5. The van der Waals surface area contributed by atoms with Crippen LogP contribution in [0.2, 0.25) is 0 Å². The molecule has 0 aliphatic carbocycles. The Morgan fingerprint density at radius 1 is 1.27 bits per heavy atom. The highest BCUT2D eigenvalue weighted by atomic mass is 32.1. The lowest BCUT2D eigenvalue weighted by Crippen LogP contribution is -2.44. The molecule has 0 spiro atoms. The Morgan fingerprint density at radius 3 is 2.73 bits per heavy atom. The van der Waals surface area contributed by atoms with Crippen LogP contribution >= 0.6 is 11.3 Å². The summed E-state index contributed by atoms with van der Waals surface area (Å²) in [5.74, 6) is -0.513. The van der Waals surface area contributed by atoms with Crippen LogP contribution in [0.15, 0.2) is 45.2 Å². The molecule has 4 aromatic rings. The molecule has 210 valence electrons. The van der Waals surface area contributed by atoms with Gasteiger partial charge >= 0.3 is 5.69 Å². The van der Waals surface area contributed by atoms with Gasteiger partial charge in [-0.2, -0.15) is 10.2 Å². The number of hydrogen-bond acceptors (Lipinski definition) is 9. The molecule has 2 atom stereocenters. The molecule has 5 rings (SSSR count). The normalized spacial score (nSPS) is 16.2. The topological polar surface area (TPSA) is 135 Å². The van der Waals surface area contributed by atoms with Gasteiger partial charge < -0.3 is 19.8 Å². The van der Waals surface area contributed by atoms with Crippen molar-refractivity contribution in [3.05, 3.63) is 68.4 Å². The van der Waals surface area contributed by atoms with E-state index in [1.165, 1.54) is 58.4 Å². The molecule has 40 heavy (non-hydrogen) atoms. The van der Waals surface area contributed by atoms with E-state index >= 15 is 0 Å². The second-order valence-corrected chi connectivity index (χ2v) is 10.1. The van der Waals surface area contributed by atoms with Crippen LogP contribution in [0, 0.1) is 12.7 Å². The van der Waals surface area contributed by atoms with Gasteiger partial charge in [-0.1, -0.05) is 11.3 Å². The SMILES string of the molecule is C/N=C\CCO[C@@H](Cn1c(=O)n([C@H]2CCNC2=O)c(=O)c2c(C)c(-n3nccn3)sc21)c1cc(F)ccc1OC. The second kappa shape index (κ2) is 11.5. The zero-order valence-electron chi connectivity index (χ0n) is 22.2. The molecule has 1 aromatic carbocycles. The van der Waals surface area contributed by atoms with E-state index in [0.29, 0.717) is 46.1 Å². The minimum absolute atomic E-state index is 0.0844. The number of aryl methyl sites for hydroxylation is 1. The number of aliphatic imine (C=N–C) groups is 1. The van der Waals surface area contributed by atoms with Gasteiger partial charge in [0.05, 0.1) is 38.0 Å². The quantitative estimate of drug-likeness (QED) is 0.229. The van der Waals surface area contributed by atoms with E-state index in [2.05, 4.69) is 20.5 Å². The minimum atomic E-state index is -0.954. The molecule has 4 heterocycles. The predicted molar refractivity (Wildman–Crippen MR) is 147 cm³/mol. The van der Waals surface area contributed by atoms with E-state index in [1.54, 1.807) is 20.2 Å². The molecule has 1 aliphatic rings. The van der Waals surface area contributed by atoms with E-state index in [0.717, 1.165) is 4.57 Å². The molecule has 0 radical (unpaired) electrons. The maximum absolute atomic E-state index is 14.4. The highest BCUT2D eigenvalue weighted by Crippen LogP contribution is 2.34. The minimum Gasteiger partial charge on any atom is -0.496 e. The molecule has 0 saturated carbocycles. The zero-order valence-corrected chi connectivity index (χ0v) is 23.0. The smallest absolute Gasteiger partial charge is 0.332 e. The first-order valence-electron chi connectivity index (χ1n) is 12.6. The highest BCUT2D eigenvalue weighted by molar-refractivity contribution is 7.21. The maximum atomic E-state index is 14.4. The Hall–Kier alpha value is -4.17. The van der Waals surface area contributed by atoms with Gasteiger partial charge in [0, 0.05) is 37.4 Å². The van der Waals surface area contributed by atoms with E-state index < -0.39 is 35.1 Å². The molecule has 1 N–H and O–H groups in total. The number of ether oxygens (including phenoxy) is 2. The maximum Gasteiger partial charge on any atom is 0.332 e. The van der Waals surface area contributed by atoms with Crippen LogP contribution in [0.5, 0.6) is 5.75 Å². The summed E-state index contributed by atoms with van der Waals surface area (Å²) in [6, 6.07) is 3.12. The highest BCUT2D eigenvalue weighted by Gasteiger charge is 2.33. The lowest BCUT2D eigenvalue weighted by atomic mass is 10.1. The van der Waals surface area contributed by atoms with Crippen LogP contribution in [-0.4, -0.2) is 63.6 Å². The van der Waals surface area contributed by atoms with Crippen molar-refractivity contribution in [2.45, 2.75) is 38.5 Å². The number of carbonyl (C=O) groups is 1. The van der Waals surface area contributed by atoms with Gasteiger partial charge in [0.15, 0.2) is 0 Å². The Kier molecular flexibility index (Phi) is 7.89. The van der Waals surface area contributed by atoms with Crippen LogP contribution in [0.4, 0.5) is 4.39 Å². The number of nitrogens with one attached hydrogen (secondary N) is 1. The summed E-state index contributed by atoms with van der Waals surface area (Å²) in [4.78, 5) is 46.2. The van der Waals surface area contributed by atoms with Crippen molar-refractivity contribution in [1.29, 1.82) is 0 Å². The third kappa shape index (κ3) is 4.95. The predicted octanol–water partition coefficient (Wildman–Crippen LogP) is 2.17. The average Bonchev–Trinajstić information content (AvgIpc) is 3.69. The van der Waals surface area contributed by atoms with Gasteiger partial charge in [-0.15, -0.1) is 4.80 Å². The molecule has 0 bridgehead atoms. The van der Waals surface area contributed by atoms with Gasteiger partial charge in [-0.3, -0.25) is 14.2 Å². The van der Waals surface area contributed by atoms with Gasteiger partial charge in [-0.25, -0.2) is 13.8 Å². The lowest BCUT2D eigenvalue weighted by molar-refractivity contribution is -0.122. The molecule has 1 aliphatic heterocycles. The number of methoxy groups -OCH3 is 1. The van der Waals surface area contributed by atoms with Crippen molar-refractivity contribution in [2.24, 2.45) is 4.99 Å². The Labute approximate surface area is 231 Å². The van der Waals surface area contributed by atoms with Gasteiger partial charge in [0.2, 0.25) is 5.91 Å². The van der Waals surface area contributed by atoms with Gasteiger partial charge in [0.1, 0.15) is 33.5 Å². The fourth-order valence-corrected chi connectivity index (χ4v) is 6.10. The first kappa shape index (κ1) is 27.4. The first-order valence-corrected chi connectivity index (χ1v) is 13.5. The van der Waals surface area contributed by atoms with Crippen molar-refractivity contribution < 1.29 is 18.7 Å². The summed E-state index contributed by atoms with van der Waals surface area (Å²) in [6.07, 6.45) is 4.66. The molecule has 1 fully saturated rings. The van der Waals surface area contributed by atoms with E-state index in [9.17, 15) is 18.8 Å². The van der Waals surface area contributed by atoms with E-state index in [-0.39, 0.29) is 18.5 Å². The third-order valence-electron chi connectivity index (χ3n) is 6.79. The van der Waals surface area contributed by atoms with Crippen molar-refractivity contribution in [1.82, 2.24) is 29.4 Å². The fourth-order valence-electron chi connectivity index (χ4n) is 4.88. The number of nitrogens with zero attached hydrogens (tertiary/aromatic N) is 6. The molecule has 0 unspecified atom stereocenters. The second-order valence-electron chi connectivity index (χ2n) is 9.17. The number of thiophene rings is 1. The van der Waals surface area contributed by atoms with E-state index in [1.807, 2.05) is 0 Å². The van der Waals surface area contributed by atoms with Crippen LogP contribution in [0.25, 0.3) is 15.2 Å². The zero-order chi connectivity index (χ0) is 28.4. The van der Waals surface area contributed by atoms with Crippen molar-refractivity contribution in [3.8, 4) is 10.8 Å². The van der Waals surface area contributed by atoms with Crippen molar-refractivity contribution in [3.63, 3.8) is 0 Å². The monoisotopic (exact) mass is 569 g/mol. The van der Waals surface area contributed by atoms with Crippen LogP contribution < -0.4 is 21.3 Å². The van der Waals surface area contributed by atoms with Crippen LogP contribution in [0.1, 0.15) is 36.1 Å². The van der Waals surface area contributed by atoms with Crippen molar-refractivity contribution >= 4 is 33.7 Å². The standard InChI is InChI=1S/C26H28FN7O5S/c1-15-21-23(36)33(18-7-9-29-22(18)35)26(37)32(25(21)40-24(15)34-30-10-11-31-34)14-20(39-12-4-8-28-2)17-13-16(27)5-6-19(17)38-3/h5-6,8,10-11,13,18,20H,4,7,9,12,14H2,1-3H3,(H,29,35)/b28-8-/t18-,20-/m0/s1. The average molecular weight is 570 g/mol. The molecule has 3 aromatic heterocycles. The number of fused-ring (bicyclic) bond motifs is 1. The van der Waals surface area contributed by atoms with Gasteiger partial charge in [-0.05, 0) is 31.5 Å². The van der Waals surface area contributed by atoms with Gasteiger partial charge in [0.25, 0.3) is 5.56 Å². The van der Waals surface area contributed by atoms with E-state index in [4.69, 9.17) is 9.47 Å². The number of amides is 1. The molecule has 1 amide bonds. The molecule has 12 nitrogen and oxygen atoms in total. The Balaban J connectivity index is 1.73. The van der Waals surface area contributed by atoms with Crippen molar-refractivity contribution in [2.75, 3.05) is 27.3 Å². The number of halogens is 1. The fraction of sp³-hybridized carbons (Fsp3) is 0.385. The summed E-state index contributed by atoms with van der Waals surface area (Å²) in [5, 5.41) is 11.9. The van der Waals surface area contributed by atoms with Crippen LogP contribution in [-0.2, 0) is 16.1 Å². The summed E-state index contributed by atoms with van der Waals surface area (Å²) in [7, 11) is 3.11. The largest absolute Gasteiger partial charge is 0.496 e. The number of hydrogen-bond donors (Lipinski definition) is 1. The number of benzene rings is 1. The first-order chi connectivity index (χ1) is 19.3. The molecule has 1 saturated heterocycles. The number of aromatic nitrogens is 5. The lowest BCUT2D eigenvalue weighted by Gasteiger charge is -2.23. The number of carbonyl (C=O) groups excluding carboxylic acids is 1. The summed E-state index contributed by atoms with van der Waals surface area (Å²) in [5.41, 5.74) is -0.262. The molecule has 14 heteroatoms. The third-order valence-corrected chi connectivity index (χ3v) is 8.07. The Morgan fingerprint density at radius 2 is 2.05 bits per heavy atom. The molecular weight excluding hydrogens is 541 g/mol. The summed E-state index contributed by atoms with van der Waals surface area (Å²) >= 11 is 1.18. The number of rotatable bonds is 10.